The van der Waals surface area contributed by atoms with E-state index in [1.54, 1.807) is 0 Å². The van der Waals surface area contributed by atoms with E-state index in [0.717, 1.165) is 12.1 Å². The van der Waals surface area contributed by atoms with E-state index in [0.29, 0.717) is 0 Å². The fourth-order valence-corrected chi connectivity index (χ4v) is 1.53. The summed E-state index contributed by atoms with van der Waals surface area (Å²) in [6.45, 7) is -2.03. The van der Waals surface area contributed by atoms with Crippen LogP contribution in [0.1, 0.15) is 34.8 Å². The third-order valence-electron chi connectivity index (χ3n) is 2.24. The molecule has 0 radical (unpaired) electrons. The molecule has 0 fully saturated rings. The van der Waals surface area contributed by atoms with E-state index in [4.69, 9.17) is 5.26 Å². The number of rotatable bonds is 5. The number of ether oxygens (including phenoxy) is 2. The Labute approximate surface area is 111 Å². The van der Waals surface area contributed by atoms with E-state index in [-0.39, 0.29) is 6.61 Å². The lowest BCUT2D eigenvalue weighted by Crippen LogP contribution is -2.14. The lowest BCUT2D eigenvalue weighted by atomic mass is 10.0. The minimum absolute atomic E-state index is 0.146. The first-order chi connectivity index (χ1) is 9.42. The molecule has 0 atom stereocenters. The molecule has 0 saturated carbocycles. The van der Waals surface area contributed by atoms with E-state index >= 15 is 0 Å². The molecule has 0 aliphatic heterocycles. The van der Waals surface area contributed by atoms with E-state index in [2.05, 4.69) is 9.47 Å². The van der Waals surface area contributed by atoms with Crippen LogP contribution in [0.25, 0.3) is 0 Å². The van der Waals surface area contributed by atoms with Gasteiger partial charge in [0, 0.05) is 0 Å². The van der Waals surface area contributed by atoms with Crippen molar-refractivity contribution in [3.63, 3.8) is 0 Å². The van der Waals surface area contributed by atoms with Crippen LogP contribution in [-0.4, -0.2) is 19.2 Å². The third kappa shape index (κ3) is 3.38. The first kappa shape index (κ1) is 15.8. The second-order valence-electron chi connectivity index (χ2n) is 3.41. The highest BCUT2D eigenvalue weighted by Crippen LogP contribution is 2.34. The average Bonchev–Trinajstić information content (AvgIpc) is 2.37. The van der Waals surface area contributed by atoms with Crippen LogP contribution in [0, 0.1) is 11.3 Å². The van der Waals surface area contributed by atoms with Gasteiger partial charge in [-0.1, -0.05) is 0 Å². The van der Waals surface area contributed by atoms with Gasteiger partial charge >= 0.3 is 12.6 Å². The van der Waals surface area contributed by atoms with Gasteiger partial charge in [0.1, 0.15) is 11.3 Å². The SMILES string of the molecule is CCOC(=O)c1c(OC(F)F)ccc(C#N)c1C(F)F. The minimum atomic E-state index is -3.30. The molecule has 0 heterocycles. The van der Waals surface area contributed by atoms with Crippen LogP contribution >= 0.6 is 0 Å². The fourth-order valence-electron chi connectivity index (χ4n) is 1.53. The summed E-state index contributed by atoms with van der Waals surface area (Å²) in [5, 5.41) is 8.75. The van der Waals surface area contributed by atoms with Crippen LogP contribution in [0.15, 0.2) is 12.1 Å². The van der Waals surface area contributed by atoms with Gasteiger partial charge in [-0.15, -0.1) is 0 Å². The first-order valence-corrected chi connectivity index (χ1v) is 5.39. The molecule has 8 heteroatoms. The summed E-state index contributed by atoms with van der Waals surface area (Å²) in [6, 6.07) is 3.19. The highest BCUT2D eigenvalue weighted by Gasteiger charge is 2.28. The lowest BCUT2D eigenvalue weighted by molar-refractivity contribution is -0.0507. The molecular formula is C12H9F4NO3. The second kappa shape index (κ2) is 6.75. The van der Waals surface area contributed by atoms with E-state index in [9.17, 15) is 22.4 Å². The number of halogens is 4. The molecule has 0 spiro atoms. The Bertz CT molecular complexity index is 540. The maximum Gasteiger partial charge on any atom is 0.387 e. The smallest absolute Gasteiger partial charge is 0.387 e. The quantitative estimate of drug-likeness (QED) is 0.617. The summed E-state index contributed by atoms with van der Waals surface area (Å²) in [5.41, 5.74) is -2.35. The van der Waals surface area contributed by atoms with Gasteiger partial charge < -0.3 is 9.47 Å². The largest absolute Gasteiger partial charge is 0.462 e. The van der Waals surface area contributed by atoms with Crippen LogP contribution in [0.4, 0.5) is 17.6 Å². The molecule has 1 aromatic rings. The molecule has 1 aromatic carbocycles. The zero-order valence-corrected chi connectivity index (χ0v) is 10.2. The summed E-state index contributed by atoms with van der Waals surface area (Å²) in [4.78, 5) is 11.7. The highest BCUT2D eigenvalue weighted by atomic mass is 19.3. The first-order valence-electron chi connectivity index (χ1n) is 5.39. The van der Waals surface area contributed by atoms with Gasteiger partial charge in [0.15, 0.2) is 0 Å². The van der Waals surface area contributed by atoms with Crippen molar-refractivity contribution >= 4 is 5.97 Å². The molecule has 4 nitrogen and oxygen atoms in total. The van der Waals surface area contributed by atoms with Crippen LogP contribution in [0.5, 0.6) is 5.75 Å². The van der Waals surface area contributed by atoms with Crippen molar-refractivity contribution in [1.82, 2.24) is 0 Å². The van der Waals surface area contributed by atoms with Crippen molar-refractivity contribution in [1.29, 1.82) is 5.26 Å². The molecule has 0 N–H and O–H groups in total. The maximum absolute atomic E-state index is 13.0. The molecule has 0 amide bonds. The maximum atomic E-state index is 13.0. The number of nitrogens with zero attached hydrogens (tertiary/aromatic N) is 1. The van der Waals surface area contributed by atoms with Crippen molar-refractivity contribution in [2.75, 3.05) is 6.61 Å². The molecule has 0 aliphatic rings. The molecule has 0 bridgehead atoms. The van der Waals surface area contributed by atoms with E-state index < -0.39 is 41.4 Å². The van der Waals surface area contributed by atoms with Crippen molar-refractivity contribution in [2.24, 2.45) is 0 Å². The number of hydrogen-bond acceptors (Lipinski definition) is 4. The molecule has 108 valence electrons. The molecule has 1 rings (SSSR count). The monoisotopic (exact) mass is 291 g/mol. The summed E-state index contributed by atoms with van der Waals surface area (Å²) in [5.74, 6) is -2.01. The predicted octanol–water partition coefficient (Wildman–Crippen LogP) is 3.27. The number of esters is 1. The summed E-state index contributed by atoms with van der Waals surface area (Å²) in [6.07, 6.45) is -3.22. The summed E-state index contributed by atoms with van der Waals surface area (Å²) >= 11 is 0. The van der Waals surface area contributed by atoms with Gasteiger partial charge in [0.2, 0.25) is 0 Å². The predicted molar refractivity (Wildman–Crippen MR) is 58.7 cm³/mol. The number of hydrogen-bond donors (Lipinski definition) is 0. The van der Waals surface area contributed by atoms with Gasteiger partial charge in [-0.3, -0.25) is 0 Å². The summed E-state index contributed by atoms with van der Waals surface area (Å²) < 4.78 is 59.0. The van der Waals surface area contributed by atoms with Crippen LogP contribution in [0.3, 0.4) is 0 Å². The molecule has 0 unspecified atom stereocenters. The Hall–Kier alpha value is -2.30. The minimum Gasteiger partial charge on any atom is -0.462 e. The average molecular weight is 291 g/mol. The Morgan fingerprint density at radius 3 is 2.45 bits per heavy atom. The van der Waals surface area contributed by atoms with Crippen LogP contribution in [-0.2, 0) is 4.74 Å². The summed E-state index contributed by atoms with van der Waals surface area (Å²) in [7, 11) is 0. The van der Waals surface area contributed by atoms with Gasteiger partial charge in [-0.2, -0.15) is 14.0 Å². The van der Waals surface area contributed by atoms with Crippen LogP contribution < -0.4 is 4.74 Å². The van der Waals surface area contributed by atoms with E-state index in [1.165, 1.54) is 13.0 Å². The molecule has 0 aliphatic carbocycles. The van der Waals surface area contributed by atoms with Crippen molar-refractivity contribution in [3.05, 3.63) is 28.8 Å². The third-order valence-corrected chi connectivity index (χ3v) is 2.24. The van der Waals surface area contributed by atoms with E-state index in [1.807, 2.05) is 0 Å². The fraction of sp³-hybridized carbons (Fsp3) is 0.333. The topological polar surface area (TPSA) is 59.3 Å². The van der Waals surface area contributed by atoms with Crippen LogP contribution in [0.2, 0.25) is 0 Å². The Kier molecular flexibility index (Phi) is 5.32. The number of nitriles is 1. The Morgan fingerprint density at radius 2 is 2.00 bits per heavy atom. The Morgan fingerprint density at radius 1 is 1.35 bits per heavy atom. The lowest BCUT2D eigenvalue weighted by Gasteiger charge is -2.15. The van der Waals surface area contributed by atoms with Gasteiger partial charge in [0.25, 0.3) is 6.43 Å². The number of alkyl halides is 4. The zero-order chi connectivity index (χ0) is 15.3. The Balaban J connectivity index is 3.51. The number of benzene rings is 1. The molecular weight excluding hydrogens is 282 g/mol. The van der Waals surface area contributed by atoms with Gasteiger partial charge in [-0.25, -0.2) is 13.6 Å². The molecule has 20 heavy (non-hydrogen) atoms. The van der Waals surface area contributed by atoms with Gasteiger partial charge in [-0.05, 0) is 19.1 Å². The normalized spacial score (nSPS) is 10.5. The zero-order valence-electron chi connectivity index (χ0n) is 10.2. The number of carbonyl (C=O) groups excluding carboxylic acids is 1. The molecule has 0 aromatic heterocycles. The van der Waals surface area contributed by atoms with Crippen molar-refractivity contribution in [2.45, 2.75) is 20.0 Å². The number of carbonyl (C=O) groups is 1. The highest BCUT2D eigenvalue weighted by molar-refractivity contribution is 5.95. The van der Waals surface area contributed by atoms with Crippen molar-refractivity contribution < 1.29 is 31.8 Å². The standard InChI is InChI=1S/C12H9F4NO3/c1-2-19-11(18)9-7(20-12(15)16)4-3-6(5-17)8(9)10(13)14/h3-4,10,12H,2H2,1H3. The second-order valence-corrected chi connectivity index (χ2v) is 3.41. The van der Waals surface area contributed by atoms with Gasteiger partial charge in [0.05, 0.1) is 23.8 Å². The molecule has 0 saturated heterocycles. The van der Waals surface area contributed by atoms with Crippen molar-refractivity contribution in [3.8, 4) is 11.8 Å².